The molecule has 1 saturated heterocycles. The Hall–Kier alpha value is -2.41. The topological polar surface area (TPSA) is 67.6 Å². The highest BCUT2D eigenvalue weighted by Crippen LogP contribution is 2.17. The predicted molar refractivity (Wildman–Crippen MR) is 97.7 cm³/mol. The van der Waals surface area contributed by atoms with Crippen LogP contribution in [0.3, 0.4) is 0 Å². The molecule has 1 aliphatic heterocycles. The molecule has 1 N–H and O–H groups in total. The molecule has 7 heteroatoms. The number of hydrogen-bond donors (Lipinski definition) is 1. The highest BCUT2D eigenvalue weighted by molar-refractivity contribution is 5.80. The summed E-state index contributed by atoms with van der Waals surface area (Å²) in [5, 5.41) is 7.63. The van der Waals surface area contributed by atoms with E-state index >= 15 is 0 Å². The molecule has 0 amide bonds. The lowest BCUT2D eigenvalue weighted by Crippen LogP contribution is -2.40. The van der Waals surface area contributed by atoms with Gasteiger partial charge in [-0.3, -0.25) is 0 Å². The van der Waals surface area contributed by atoms with E-state index in [-0.39, 0.29) is 0 Å². The van der Waals surface area contributed by atoms with Crippen LogP contribution in [0.25, 0.3) is 5.82 Å². The summed E-state index contributed by atoms with van der Waals surface area (Å²) in [5.41, 5.74) is 1.11. The molecule has 0 bridgehead atoms. The van der Waals surface area contributed by atoms with Gasteiger partial charge in [0.2, 0.25) is 0 Å². The van der Waals surface area contributed by atoms with Gasteiger partial charge in [0.1, 0.15) is 0 Å². The summed E-state index contributed by atoms with van der Waals surface area (Å²) >= 11 is 0. The monoisotopic (exact) mass is 342 g/mol. The van der Waals surface area contributed by atoms with E-state index in [1.165, 1.54) is 0 Å². The van der Waals surface area contributed by atoms with Crippen LogP contribution in [0, 0.1) is 5.92 Å². The molecule has 134 valence electrons. The number of aromatic nitrogens is 3. The van der Waals surface area contributed by atoms with E-state index < -0.39 is 0 Å². The van der Waals surface area contributed by atoms with E-state index in [1.54, 1.807) is 24.2 Å². The van der Waals surface area contributed by atoms with Gasteiger partial charge in [0, 0.05) is 51.3 Å². The summed E-state index contributed by atoms with van der Waals surface area (Å²) in [7, 11) is 1.77. The lowest BCUT2D eigenvalue weighted by atomic mass is 10.1. The zero-order valence-corrected chi connectivity index (χ0v) is 14.9. The molecule has 0 aliphatic carbocycles. The van der Waals surface area contributed by atoms with Gasteiger partial charge in [-0.15, -0.1) is 0 Å². The summed E-state index contributed by atoms with van der Waals surface area (Å²) in [6, 6.07) is 5.91. The summed E-state index contributed by atoms with van der Waals surface area (Å²) in [5.74, 6) is 2.36. The molecule has 2 aromatic heterocycles. The van der Waals surface area contributed by atoms with Gasteiger partial charge in [-0.05, 0) is 37.1 Å². The molecule has 1 aliphatic rings. The minimum absolute atomic E-state index is 0.584. The minimum Gasteiger partial charge on any atom is -0.384 e. The lowest BCUT2D eigenvalue weighted by molar-refractivity contribution is 0.157. The second-order valence-corrected chi connectivity index (χ2v) is 6.20. The van der Waals surface area contributed by atoms with Crippen molar-refractivity contribution in [2.75, 3.05) is 33.4 Å². The molecule has 0 aromatic carbocycles. The van der Waals surface area contributed by atoms with E-state index in [0.717, 1.165) is 50.0 Å². The molecular weight excluding hydrogens is 316 g/mol. The van der Waals surface area contributed by atoms with Crippen molar-refractivity contribution in [2.45, 2.75) is 19.9 Å². The van der Waals surface area contributed by atoms with E-state index in [1.807, 2.05) is 24.4 Å². The van der Waals surface area contributed by atoms with Crippen molar-refractivity contribution >= 4 is 5.96 Å². The maximum atomic E-state index is 5.29. The largest absolute Gasteiger partial charge is 0.384 e. The minimum atomic E-state index is 0.584. The third kappa shape index (κ3) is 4.57. The van der Waals surface area contributed by atoms with Gasteiger partial charge in [-0.25, -0.2) is 14.7 Å². The lowest BCUT2D eigenvalue weighted by Gasteiger charge is -2.21. The van der Waals surface area contributed by atoms with Crippen molar-refractivity contribution < 1.29 is 4.74 Å². The number of ether oxygens (including phenoxy) is 1. The Morgan fingerprint density at radius 2 is 2.36 bits per heavy atom. The first-order valence-corrected chi connectivity index (χ1v) is 8.77. The fourth-order valence-corrected chi connectivity index (χ4v) is 3.08. The normalized spacial score (nSPS) is 17.9. The van der Waals surface area contributed by atoms with Gasteiger partial charge >= 0.3 is 0 Å². The molecule has 0 spiro atoms. The van der Waals surface area contributed by atoms with Crippen LogP contribution in [0.1, 0.15) is 18.9 Å². The number of pyridine rings is 1. The van der Waals surface area contributed by atoms with Crippen LogP contribution in [0.4, 0.5) is 0 Å². The van der Waals surface area contributed by atoms with Crippen LogP contribution in [0.5, 0.6) is 0 Å². The standard InChI is InChI=1S/C18H26N6O/c1-3-19-18(23-10-6-16(13-23)14-25-2)21-12-15-5-8-20-17(11-15)24-9-4-7-22-24/h4-5,7-9,11,16H,3,6,10,12-14H2,1-2H3,(H,19,21). The molecule has 3 heterocycles. The first-order chi connectivity index (χ1) is 12.3. The molecule has 1 atom stereocenters. The van der Waals surface area contributed by atoms with Crippen LogP contribution >= 0.6 is 0 Å². The van der Waals surface area contributed by atoms with Crippen molar-refractivity contribution in [3.8, 4) is 5.82 Å². The first-order valence-electron chi connectivity index (χ1n) is 8.77. The van der Waals surface area contributed by atoms with Gasteiger partial charge in [-0.1, -0.05) is 0 Å². The molecule has 1 unspecified atom stereocenters. The Morgan fingerprint density at radius 1 is 1.44 bits per heavy atom. The van der Waals surface area contributed by atoms with Crippen molar-refractivity contribution in [2.24, 2.45) is 10.9 Å². The number of rotatable bonds is 6. The highest BCUT2D eigenvalue weighted by Gasteiger charge is 2.24. The quantitative estimate of drug-likeness (QED) is 0.639. The average Bonchev–Trinajstić information content (AvgIpc) is 3.31. The van der Waals surface area contributed by atoms with Crippen molar-refractivity contribution in [3.63, 3.8) is 0 Å². The fourth-order valence-electron chi connectivity index (χ4n) is 3.08. The Bertz CT molecular complexity index is 685. The number of nitrogens with zero attached hydrogens (tertiary/aromatic N) is 5. The maximum Gasteiger partial charge on any atom is 0.194 e. The molecule has 1 fully saturated rings. The van der Waals surface area contributed by atoms with Gasteiger partial charge in [-0.2, -0.15) is 5.10 Å². The highest BCUT2D eigenvalue weighted by atomic mass is 16.5. The fraction of sp³-hybridized carbons (Fsp3) is 0.500. The van der Waals surface area contributed by atoms with Crippen molar-refractivity contribution in [1.29, 1.82) is 0 Å². The third-order valence-corrected chi connectivity index (χ3v) is 4.28. The molecular formula is C18H26N6O. The summed E-state index contributed by atoms with van der Waals surface area (Å²) < 4.78 is 7.05. The Balaban J connectivity index is 1.69. The van der Waals surface area contributed by atoms with Crippen molar-refractivity contribution in [3.05, 3.63) is 42.4 Å². The second kappa shape index (κ2) is 8.62. The Kier molecular flexibility index (Phi) is 6.00. The number of guanidine groups is 1. The van der Waals surface area contributed by atoms with Crippen LogP contribution in [-0.2, 0) is 11.3 Å². The molecule has 7 nitrogen and oxygen atoms in total. The maximum absolute atomic E-state index is 5.29. The van der Waals surface area contributed by atoms with Crippen LogP contribution in [-0.4, -0.2) is 59.0 Å². The van der Waals surface area contributed by atoms with E-state index in [0.29, 0.717) is 12.5 Å². The van der Waals surface area contributed by atoms with E-state index in [2.05, 4.69) is 27.2 Å². The number of aliphatic imine (C=N–C) groups is 1. The van der Waals surface area contributed by atoms with Gasteiger partial charge in [0.05, 0.1) is 13.2 Å². The summed E-state index contributed by atoms with van der Waals surface area (Å²) in [6.07, 6.45) is 6.59. The number of nitrogens with one attached hydrogen (secondary N) is 1. The molecule has 25 heavy (non-hydrogen) atoms. The smallest absolute Gasteiger partial charge is 0.194 e. The summed E-state index contributed by atoms with van der Waals surface area (Å²) in [6.45, 7) is 6.40. The number of methoxy groups -OCH3 is 1. The van der Waals surface area contributed by atoms with Crippen LogP contribution < -0.4 is 5.32 Å². The number of hydrogen-bond acceptors (Lipinski definition) is 4. The zero-order valence-electron chi connectivity index (χ0n) is 14.9. The average molecular weight is 342 g/mol. The molecule has 0 saturated carbocycles. The van der Waals surface area contributed by atoms with Gasteiger partial charge < -0.3 is 15.0 Å². The van der Waals surface area contributed by atoms with E-state index in [9.17, 15) is 0 Å². The van der Waals surface area contributed by atoms with Crippen LogP contribution in [0.2, 0.25) is 0 Å². The van der Waals surface area contributed by atoms with Gasteiger partial charge in [0.15, 0.2) is 11.8 Å². The molecule has 3 rings (SSSR count). The van der Waals surface area contributed by atoms with Crippen LogP contribution in [0.15, 0.2) is 41.8 Å². The molecule has 0 radical (unpaired) electrons. The summed E-state index contributed by atoms with van der Waals surface area (Å²) in [4.78, 5) is 11.5. The Morgan fingerprint density at radius 3 is 3.12 bits per heavy atom. The van der Waals surface area contributed by atoms with Gasteiger partial charge in [0.25, 0.3) is 0 Å². The van der Waals surface area contributed by atoms with Crippen molar-refractivity contribution in [1.82, 2.24) is 25.0 Å². The molecule has 2 aromatic rings. The Labute approximate surface area is 148 Å². The number of likely N-dealkylation sites (tertiary alicyclic amines) is 1. The second-order valence-electron chi connectivity index (χ2n) is 6.20. The first kappa shape index (κ1) is 17.4. The SMILES string of the molecule is CCNC(=NCc1ccnc(-n2cccn2)c1)N1CCC(COC)C1. The predicted octanol–water partition coefficient (Wildman–Crippen LogP) is 1.70. The van der Waals surface area contributed by atoms with E-state index in [4.69, 9.17) is 9.73 Å². The zero-order chi connectivity index (χ0) is 17.5. The third-order valence-electron chi connectivity index (χ3n) is 4.28.